The van der Waals surface area contributed by atoms with Gasteiger partial charge in [-0.2, -0.15) is 0 Å². The van der Waals surface area contributed by atoms with Gasteiger partial charge in [-0.1, -0.05) is 36.9 Å². The van der Waals surface area contributed by atoms with E-state index in [9.17, 15) is 9.59 Å². The second-order valence-corrected chi connectivity index (χ2v) is 9.62. The van der Waals surface area contributed by atoms with Crippen molar-refractivity contribution in [3.63, 3.8) is 0 Å². The van der Waals surface area contributed by atoms with E-state index in [0.717, 1.165) is 22.2 Å². The van der Waals surface area contributed by atoms with Gasteiger partial charge in [0.1, 0.15) is 29.7 Å². The molecule has 8 nitrogen and oxygen atoms in total. The summed E-state index contributed by atoms with van der Waals surface area (Å²) in [6.45, 7) is 9.48. The number of rotatable bonds is 6. The summed E-state index contributed by atoms with van der Waals surface area (Å²) in [4.78, 5) is 31.0. The number of aromatic nitrogens is 1. The monoisotopic (exact) mass is 489 g/mol. The molecule has 188 valence electrons. The van der Waals surface area contributed by atoms with Crippen LogP contribution in [0.25, 0.3) is 22.2 Å². The average molecular weight is 490 g/mol. The molecule has 0 spiro atoms. The third kappa shape index (κ3) is 5.94. The third-order valence-corrected chi connectivity index (χ3v) is 5.66. The van der Waals surface area contributed by atoms with Crippen LogP contribution in [0.2, 0.25) is 0 Å². The molecule has 1 aliphatic rings. The summed E-state index contributed by atoms with van der Waals surface area (Å²) in [5.74, 6) is 1.10. The maximum atomic E-state index is 12.8. The lowest BCUT2D eigenvalue weighted by Crippen LogP contribution is -2.41. The molecule has 2 heterocycles. The Labute approximate surface area is 210 Å². The quantitative estimate of drug-likeness (QED) is 0.528. The zero-order valence-electron chi connectivity index (χ0n) is 21.0. The van der Waals surface area contributed by atoms with Gasteiger partial charge in [0.05, 0.1) is 24.9 Å². The number of nitrogens with one attached hydrogen (secondary N) is 1. The van der Waals surface area contributed by atoms with Crippen LogP contribution in [-0.2, 0) is 9.53 Å². The number of hydrogen-bond acceptors (Lipinski definition) is 6. The number of nitrogens with zero attached hydrogens (tertiary/aromatic N) is 2. The number of benzene rings is 2. The number of alkyl carbamates (subject to hydrolysis) is 1. The average Bonchev–Trinajstić information content (AvgIpc) is 3.21. The zero-order valence-corrected chi connectivity index (χ0v) is 21.0. The molecule has 2 amide bonds. The molecule has 0 aliphatic carbocycles. The van der Waals surface area contributed by atoms with E-state index in [1.54, 1.807) is 32.8 Å². The Morgan fingerprint density at radius 1 is 1.14 bits per heavy atom. The Bertz CT molecular complexity index is 1280. The number of fused-ring (bicyclic) bond motifs is 1. The number of carbonyl (C=O) groups is 2. The van der Waals surface area contributed by atoms with Crippen molar-refractivity contribution in [3.05, 3.63) is 66.9 Å². The number of carbonyl (C=O) groups excluding carboxylic acids is 2. The van der Waals surface area contributed by atoms with Gasteiger partial charge in [0, 0.05) is 35.2 Å². The SMILES string of the molecule is C=C1C[C@@H](Oc2cc(-c3ccccc3)nc3cc(OC)ccc23)CN1C(=O)CNC(=O)OC(C)(C)C. The van der Waals surface area contributed by atoms with Crippen molar-refractivity contribution >= 4 is 22.9 Å². The Hall–Kier alpha value is -4.07. The number of methoxy groups -OCH3 is 1. The molecule has 0 bridgehead atoms. The molecule has 8 heteroatoms. The Morgan fingerprint density at radius 2 is 1.89 bits per heavy atom. The normalized spacial score (nSPS) is 15.6. The lowest BCUT2D eigenvalue weighted by molar-refractivity contribution is -0.128. The lowest BCUT2D eigenvalue weighted by Gasteiger charge is -2.21. The molecular formula is C28H31N3O5. The molecule has 1 fully saturated rings. The second-order valence-electron chi connectivity index (χ2n) is 9.62. The summed E-state index contributed by atoms with van der Waals surface area (Å²) >= 11 is 0. The standard InChI is InChI=1S/C28H31N3O5/c1-18-13-21(17-31(18)26(32)16-29-27(33)36-28(2,3)4)35-25-15-23(19-9-7-6-8-10-19)30-24-14-20(34-5)11-12-22(24)25/h6-12,14-15,21H,1,13,16-17H2,2-5H3,(H,29,33)/t21-/m1/s1. The minimum Gasteiger partial charge on any atom is -0.497 e. The fraction of sp³-hybridized carbons (Fsp3) is 0.321. The highest BCUT2D eigenvalue weighted by atomic mass is 16.6. The summed E-state index contributed by atoms with van der Waals surface area (Å²) in [6.07, 6.45) is -0.446. The maximum absolute atomic E-state index is 12.8. The van der Waals surface area contributed by atoms with Crippen LogP contribution >= 0.6 is 0 Å². The van der Waals surface area contributed by atoms with Gasteiger partial charge < -0.3 is 24.4 Å². The van der Waals surface area contributed by atoms with E-state index in [1.807, 2.05) is 54.6 Å². The van der Waals surface area contributed by atoms with Crippen LogP contribution in [0.3, 0.4) is 0 Å². The predicted molar refractivity (Wildman–Crippen MR) is 138 cm³/mol. The molecule has 0 radical (unpaired) electrons. The van der Waals surface area contributed by atoms with Gasteiger partial charge >= 0.3 is 6.09 Å². The van der Waals surface area contributed by atoms with Crippen LogP contribution < -0.4 is 14.8 Å². The van der Waals surface area contributed by atoms with E-state index in [-0.39, 0.29) is 18.6 Å². The first-order valence-corrected chi connectivity index (χ1v) is 11.8. The van der Waals surface area contributed by atoms with Crippen molar-refractivity contribution in [1.82, 2.24) is 15.2 Å². The van der Waals surface area contributed by atoms with Crippen LogP contribution in [0, 0.1) is 0 Å². The molecule has 1 saturated heterocycles. The van der Waals surface area contributed by atoms with E-state index in [0.29, 0.717) is 30.2 Å². The van der Waals surface area contributed by atoms with Crippen LogP contribution in [0.4, 0.5) is 4.79 Å². The Kier molecular flexibility index (Phi) is 7.15. The smallest absolute Gasteiger partial charge is 0.408 e. The van der Waals surface area contributed by atoms with Crippen molar-refractivity contribution in [3.8, 4) is 22.8 Å². The summed E-state index contributed by atoms with van der Waals surface area (Å²) in [5.41, 5.74) is 2.49. The molecule has 1 N–H and O–H groups in total. The van der Waals surface area contributed by atoms with Gasteiger partial charge in [-0.25, -0.2) is 9.78 Å². The molecule has 3 aromatic rings. The van der Waals surface area contributed by atoms with Crippen LogP contribution in [0.5, 0.6) is 11.5 Å². The van der Waals surface area contributed by atoms with E-state index >= 15 is 0 Å². The van der Waals surface area contributed by atoms with Gasteiger partial charge in [0.15, 0.2) is 0 Å². The maximum Gasteiger partial charge on any atom is 0.408 e. The van der Waals surface area contributed by atoms with E-state index in [4.69, 9.17) is 19.2 Å². The van der Waals surface area contributed by atoms with Crippen molar-refractivity contribution in [2.75, 3.05) is 20.2 Å². The van der Waals surface area contributed by atoms with Gasteiger partial charge in [-0.05, 0) is 32.9 Å². The molecular weight excluding hydrogens is 458 g/mol. The summed E-state index contributed by atoms with van der Waals surface area (Å²) in [6, 6.07) is 17.4. The largest absolute Gasteiger partial charge is 0.497 e. The molecule has 1 aliphatic heterocycles. The van der Waals surface area contributed by atoms with Crippen molar-refractivity contribution < 1.29 is 23.8 Å². The van der Waals surface area contributed by atoms with E-state index in [1.165, 1.54) is 0 Å². The van der Waals surface area contributed by atoms with Gasteiger partial charge in [0.2, 0.25) is 5.91 Å². The topological polar surface area (TPSA) is 90.0 Å². The summed E-state index contributed by atoms with van der Waals surface area (Å²) in [7, 11) is 1.62. The summed E-state index contributed by atoms with van der Waals surface area (Å²) < 4.78 is 17.0. The van der Waals surface area contributed by atoms with E-state index < -0.39 is 11.7 Å². The first-order chi connectivity index (χ1) is 17.1. The van der Waals surface area contributed by atoms with Gasteiger partial charge in [0.25, 0.3) is 0 Å². The minimum absolute atomic E-state index is 0.184. The molecule has 0 unspecified atom stereocenters. The first kappa shape index (κ1) is 25.0. The molecule has 36 heavy (non-hydrogen) atoms. The van der Waals surface area contributed by atoms with Crippen LogP contribution in [-0.4, -0.2) is 53.8 Å². The first-order valence-electron chi connectivity index (χ1n) is 11.8. The number of likely N-dealkylation sites (tertiary alicyclic amines) is 1. The molecule has 1 atom stereocenters. The van der Waals surface area contributed by atoms with Crippen molar-refractivity contribution in [1.29, 1.82) is 0 Å². The second kappa shape index (κ2) is 10.3. The Balaban J connectivity index is 1.51. The predicted octanol–water partition coefficient (Wildman–Crippen LogP) is 4.93. The lowest BCUT2D eigenvalue weighted by atomic mass is 10.1. The van der Waals surface area contributed by atoms with Crippen molar-refractivity contribution in [2.45, 2.75) is 38.9 Å². The van der Waals surface area contributed by atoms with Crippen LogP contribution in [0.15, 0.2) is 66.9 Å². The highest BCUT2D eigenvalue weighted by Crippen LogP contribution is 2.34. The molecule has 1 aromatic heterocycles. The van der Waals surface area contributed by atoms with Gasteiger partial charge in [-0.3, -0.25) is 4.79 Å². The number of pyridine rings is 1. The number of hydrogen-bond donors (Lipinski definition) is 1. The molecule has 0 saturated carbocycles. The van der Waals surface area contributed by atoms with Crippen LogP contribution in [0.1, 0.15) is 27.2 Å². The van der Waals surface area contributed by atoms with Gasteiger partial charge in [-0.15, -0.1) is 0 Å². The Morgan fingerprint density at radius 3 is 2.58 bits per heavy atom. The fourth-order valence-electron chi connectivity index (χ4n) is 4.02. The fourth-order valence-corrected chi connectivity index (χ4v) is 4.02. The highest BCUT2D eigenvalue weighted by molar-refractivity contribution is 5.89. The highest BCUT2D eigenvalue weighted by Gasteiger charge is 2.32. The molecule has 2 aromatic carbocycles. The van der Waals surface area contributed by atoms with E-state index in [2.05, 4.69) is 11.9 Å². The number of amides is 2. The van der Waals surface area contributed by atoms with Crippen molar-refractivity contribution in [2.24, 2.45) is 0 Å². The molecule has 4 rings (SSSR count). The summed E-state index contributed by atoms with van der Waals surface area (Å²) in [5, 5.41) is 3.35. The zero-order chi connectivity index (χ0) is 25.9. The third-order valence-electron chi connectivity index (χ3n) is 5.66. The number of ether oxygens (including phenoxy) is 3. The minimum atomic E-state index is -0.640.